The fraction of sp³-hybridized carbons (Fsp3) is 0.529. The number of likely N-dealkylation sites (tertiary alicyclic amines) is 1. The van der Waals surface area contributed by atoms with E-state index in [0.717, 1.165) is 23.5 Å². The number of nitrogens with one attached hydrogen (secondary N) is 1. The second-order valence-electron chi connectivity index (χ2n) is 6.42. The number of carbonyl (C=O) groups excluding carboxylic acids is 1. The SMILES string of the molecule is Cc1nc([C@@H]2CCCN(C(=O)c3c(C)c(C)n[nH]c3=O)C2)sc1C. The molecule has 24 heavy (non-hydrogen) atoms. The van der Waals surface area contributed by atoms with Crippen molar-refractivity contribution in [3.8, 4) is 0 Å². The molecule has 1 amide bonds. The largest absolute Gasteiger partial charge is 0.338 e. The van der Waals surface area contributed by atoms with Crippen molar-refractivity contribution in [2.24, 2.45) is 0 Å². The third-order valence-electron chi connectivity index (χ3n) is 4.79. The summed E-state index contributed by atoms with van der Waals surface area (Å²) in [5.41, 5.74) is 2.21. The lowest BCUT2D eigenvalue weighted by molar-refractivity contribution is 0.0704. The summed E-state index contributed by atoms with van der Waals surface area (Å²) in [7, 11) is 0. The van der Waals surface area contributed by atoms with Gasteiger partial charge in [0.05, 0.1) is 16.4 Å². The smallest absolute Gasteiger partial charge is 0.277 e. The number of hydrogen-bond donors (Lipinski definition) is 1. The van der Waals surface area contributed by atoms with E-state index in [1.54, 1.807) is 30.1 Å². The van der Waals surface area contributed by atoms with Crippen LogP contribution in [0.3, 0.4) is 0 Å². The van der Waals surface area contributed by atoms with Crippen LogP contribution in [0.15, 0.2) is 4.79 Å². The third-order valence-corrected chi connectivity index (χ3v) is 6.02. The molecule has 0 radical (unpaired) electrons. The number of piperidine rings is 1. The van der Waals surface area contributed by atoms with Crippen molar-refractivity contribution < 1.29 is 4.79 Å². The van der Waals surface area contributed by atoms with Crippen LogP contribution in [0.25, 0.3) is 0 Å². The second kappa shape index (κ2) is 6.47. The van der Waals surface area contributed by atoms with Crippen LogP contribution in [-0.2, 0) is 0 Å². The zero-order valence-corrected chi connectivity index (χ0v) is 15.3. The highest BCUT2D eigenvalue weighted by atomic mass is 32.1. The van der Waals surface area contributed by atoms with E-state index in [-0.39, 0.29) is 17.4 Å². The fourth-order valence-electron chi connectivity index (χ4n) is 3.08. The van der Waals surface area contributed by atoms with Gasteiger partial charge in [0, 0.05) is 23.9 Å². The van der Waals surface area contributed by atoms with Crippen molar-refractivity contribution in [1.82, 2.24) is 20.1 Å². The van der Waals surface area contributed by atoms with Crippen LogP contribution in [0.4, 0.5) is 0 Å². The lowest BCUT2D eigenvalue weighted by atomic mass is 9.97. The second-order valence-corrected chi connectivity index (χ2v) is 7.66. The quantitative estimate of drug-likeness (QED) is 0.906. The number of aryl methyl sites for hydroxylation is 3. The number of aromatic amines is 1. The standard InChI is InChI=1S/C17H22N4O2S/c1-9-10(2)19-20-15(22)14(9)17(23)21-7-5-6-13(8-21)16-18-11(3)12(4)24-16/h13H,5-8H2,1-4H3,(H,20,22)/t13-/m1/s1. The molecule has 1 atom stereocenters. The minimum absolute atomic E-state index is 0.200. The zero-order valence-electron chi connectivity index (χ0n) is 14.5. The molecule has 0 spiro atoms. The molecule has 2 aromatic rings. The molecule has 1 aliphatic rings. The number of hydrogen-bond acceptors (Lipinski definition) is 5. The van der Waals surface area contributed by atoms with Crippen molar-refractivity contribution in [1.29, 1.82) is 0 Å². The zero-order chi connectivity index (χ0) is 17.4. The van der Waals surface area contributed by atoms with Gasteiger partial charge in [-0.05, 0) is 46.1 Å². The summed E-state index contributed by atoms with van der Waals surface area (Å²) in [6, 6.07) is 0. The van der Waals surface area contributed by atoms with E-state index in [9.17, 15) is 9.59 Å². The Labute approximate surface area is 144 Å². The number of aromatic nitrogens is 3. The average Bonchev–Trinajstić information content (AvgIpc) is 2.91. The molecule has 3 rings (SSSR count). The van der Waals surface area contributed by atoms with Crippen molar-refractivity contribution in [2.45, 2.75) is 46.5 Å². The lowest BCUT2D eigenvalue weighted by Gasteiger charge is -2.32. The molecular formula is C17H22N4O2S. The van der Waals surface area contributed by atoms with Crippen LogP contribution in [0.2, 0.25) is 0 Å². The number of H-pyrrole nitrogens is 1. The van der Waals surface area contributed by atoms with Crippen LogP contribution in [0.1, 0.15) is 56.0 Å². The van der Waals surface area contributed by atoms with Crippen molar-refractivity contribution >= 4 is 17.2 Å². The van der Waals surface area contributed by atoms with Crippen LogP contribution >= 0.6 is 11.3 Å². The van der Waals surface area contributed by atoms with Gasteiger partial charge in [-0.3, -0.25) is 9.59 Å². The summed E-state index contributed by atoms with van der Waals surface area (Å²) in [5, 5.41) is 7.44. The molecule has 1 N–H and O–H groups in total. The third kappa shape index (κ3) is 3.00. The topological polar surface area (TPSA) is 79.0 Å². The van der Waals surface area contributed by atoms with Gasteiger partial charge in [0.2, 0.25) is 0 Å². The van der Waals surface area contributed by atoms with E-state index < -0.39 is 5.56 Å². The van der Waals surface area contributed by atoms with E-state index >= 15 is 0 Å². The Morgan fingerprint density at radius 2 is 2.00 bits per heavy atom. The molecule has 3 heterocycles. The summed E-state index contributed by atoms with van der Waals surface area (Å²) in [4.78, 5) is 32.7. The molecule has 128 valence electrons. The molecule has 2 aromatic heterocycles. The van der Waals surface area contributed by atoms with E-state index in [0.29, 0.717) is 24.3 Å². The predicted octanol–water partition coefficient (Wildman–Crippen LogP) is 2.48. The molecule has 1 aliphatic heterocycles. The van der Waals surface area contributed by atoms with Gasteiger partial charge < -0.3 is 4.90 Å². The Kier molecular flexibility index (Phi) is 4.54. The molecule has 1 fully saturated rings. The van der Waals surface area contributed by atoms with E-state index in [2.05, 4.69) is 22.1 Å². The highest BCUT2D eigenvalue weighted by Crippen LogP contribution is 2.31. The maximum absolute atomic E-state index is 12.9. The minimum atomic E-state index is -0.411. The number of nitrogens with zero attached hydrogens (tertiary/aromatic N) is 3. The van der Waals surface area contributed by atoms with Crippen molar-refractivity contribution in [2.75, 3.05) is 13.1 Å². The minimum Gasteiger partial charge on any atom is -0.338 e. The van der Waals surface area contributed by atoms with Gasteiger partial charge in [-0.2, -0.15) is 5.10 Å². The van der Waals surface area contributed by atoms with E-state index in [1.165, 1.54) is 4.88 Å². The molecule has 0 saturated carbocycles. The summed E-state index contributed by atoms with van der Waals surface area (Å²) in [6.07, 6.45) is 1.95. The van der Waals surface area contributed by atoms with Gasteiger partial charge in [0.15, 0.2) is 0 Å². The van der Waals surface area contributed by atoms with Crippen LogP contribution in [0.5, 0.6) is 0 Å². The van der Waals surface area contributed by atoms with Crippen LogP contribution in [0, 0.1) is 27.7 Å². The summed E-state index contributed by atoms with van der Waals surface area (Å²) in [6.45, 7) is 8.96. The summed E-state index contributed by atoms with van der Waals surface area (Å²) < 4.78 is 0. The van der Waals surface area contributed by atoms with Gasteiger partial charge in [-0.1, -0.05) is 0 Å². The van der Waals surface area contributed by atoms with Gasteiger partial charge in [-0.25, -0.2) is 10.1 Å². The highest BCUT2D eigenvalue weighted by molar-refractivity contribution is 7.11. The first-order chi connectivity index (χ1) is 11.4. The average molecular weight is 346 g/mol. The van der Waals surface area contributed by atoms with Gasteiger partial charge in [0.1, 0.15) is 5.56 Å². The Morgan fingerprint density at radius 1 is 1.25 bits per heavy atom. The highest BCUT2D eigenvalue weighted by Gasteiger charge is 2.29. The van der Waals surface area contributed by atoms with Crippen LogP contribution < -0.4 is 5.56 Å². The maximum Gasteiger partial charge on any atom is 0.277 e. The Bertz CT molecular complexity index is 820. The maximum atomic E-state index is 12.9. The normalized spacial score (nSPS) is 18.0. The predicted molar refractivity (Wildman–Crippen MR) is 93.8 cm³/mol. The molecular weight excluding hydrogens is 324 g/mol. The first-order valence-electron chi connectivity index (χ1n) is 8.17. The summed E-state index contributed by atoms with van der Waals surface area (Å²) in [5.74, 6) is 0.0522. The molecule has 7 heteroatoms. The number of amides is 1. The Balaban J connectivity index is 1.86. The van der Waals surface area contributed by atoms with Gasteiger partial charge in [0.25, 0.3) is 11.5 Å². The first-order valence-corrected chi connectivity index (χ1v) is 8.99. The van der Waals surface area contributed by atoms with Crippen molar-refractivity contribution in [3.63, 3.8) is 0 Å². The van der Waals surface area contributed by atoms with E-state index in [4.69, 9.17) is 0 Å². The Morgan fingerprint density at radius 3 is 2.67 bits per heavy atom. The fourth-order valence-corrected chi connectivity index (χ4v) is 4.13. The van der Waals surface area contributed by atoms with Gasteiger partial charge >= 0.3 is 0 Å². The molecule has 1 saturated heterocycles. The summed E-state index contributed by atoms with van der Waals surface area (Å²) >= 11 is 1.71. The number of rotatable bonds is 2. The first kappa shape index (κ1) is 16.8. The van der Waals surface area contributed by atoms with Crippen LogP contribution in [-0.4, -0.2) is 39.1 Å². The number of thiazole rings is 1. The van der Waals surface area contributed by atoms with Crippen molar-refractivity contribution in [3.05, 3.63) is 42.8 Å². The molecule has 0 aliphatic carbocycles. The molecule has 0 bridgehead atoms. The molecule has 0 unspecified atom stereocenters. The molecule has 6 nitrogen and oxygen atoms in total. The van der Waals surface area contributed by atoms with E-state index in [1.807, 2.05) is 6.92 Å². The number of carbonyl (C=O) groups is 1. The van der Waals surface area contributed by atoms with Gasteiger partial charge in [-0.15, -0.1) is 11.3 Å². The Hall–Kier alpha value is -2.02. The lowest BCUT2D eigenvalue weighted by Crippen LogP contribution is -2.42. The monoisotopic (exact) mass is 346 g/mol. The molecule has 0 aromatic carbocycles.